The fraction of sp³-hybridized carbons (Fsp3) is 0.350. The van der Waals surface area contributed by atoms with Crippen LogP contribution in [0.1, 0.15) is 29.6 Å². The summed E-state index contributed by atoms with van der Waals surface area (Å²) in [5.74, 6) is 2.66. The Kier molecular flexibility index (Phi) is 5.12. The SMILES string of the molecule is COc1ccc([C@H]2C[C@@H]2COc2nc(C)ncc2-c2cnc(CO)cn2)nc1. The van der Waals surface area contributed by atoms with E-state index in [9.17, 15) is 0 Å². The molecule has 0 unspecified atom stereocenters. The monoisotopic (exact) mass is 379 g/mol. The van der Waals surface area contributed by atoms with Crippen LogP contribution in [0.4, 0.5) is 0 Å². The molecule has 8 heteroatoms. The summed E-state index contributed by atoms with van der Waals surface area (Å²) in [7, 11) is 1.63. The fourth-order valence-corrected chi connectivity index (χ4v) is 3.02. The summed E-state index contributed by atoms with van der Waals surface area (Å²) in [4.78, 5) is 21.6. The molecule has 1 aliphatic carbocycles. The summed E-state index contributed by atoms with van der Waals surface area (Å²) >= 11 is 0. The minimum Gasteiger partial charge on any atom is -0.495 e. The predicted octanol–water partition coefficient (Wildman–Crippen LogP) is 2.32. The Morgan fingerprint density at radius 2 is 1.96 bits per heavy atom. The van der Waals surface area contributed by atoms with Gasteiger partial charge in [0.05, 0.1) is 55.9 Å². The van der Waals surface area contributed by atoms with Crippen molar-refractivity contribution in [3.63, 3.8) is 0 Å². The van der Waals surface area contributed by atoms with Crippen molar-refractivity contribution in [2.75, 3.05) is 13.7 Å². The number of aromatic nitrogens is 5. The van der Waals surface area contributed by atoms with E-state index in [4.69, 9.17) is 14.6 Å². The normalized spacial score (nSPS) is 18.0. The third-order valence-corrected chi connectivity index (χ3v) is 4.75. The predicted molar refractivity (Wildman–Crippen MR) is 101 cm³/mol. The van der Waals surface area contributed by atoms with Gasteiger partial charge in [0.2, 0.25) is 5.88 Å². The molecule has 0 radical (unpaired) electrons. The van der Waals surface area contributed by atoms with Crippen LogP contribution in [0.2, 0.25) is 0 Å². The topological polar surface area (TPSA) is 103 Å². The lowest BCUT2D eigenvalue weighted by molar-refractivity contribution is 0.276. The molecule has 0 amide bonds. The van der Waals surface area contributed by atoms with Crippen LogP contribution < -0.4 is 9.47 Å². The van der Waals surface area contributed by atoms with Gasteiger partial charge in [-0.2, -0.15) is 4.98 Å². The molecule has 0 aromatic carbocycles. The molecular formula is C20H21N5O3. The number of aryl methyl sites for hydroxylation is 1. The summed E-state index contributed by atoms with van der Waals surface area (Å²) in [6.07, 6.45) is 7.59. The van der Waals surface area contributed by atoms with E-state index in [1.165, 1.54) is 6.20 Å². The van der Waals surface area contributed by atoms with Gasteiger partial charge in [-0.3, -0.25) is 15.0 Å². The Morgan fingerprint density at radius 1 is 1.07 bits per heavy atom. The van der Waals surface area contributed by atoms with E-state index < -0.39 is 0 Å². The van der Waals surface area contributed by atoms with E-state index in [1.54, 1.807) is 25.7 Å². The minimum absolute atomic E-state index is 0.149. The van der Waals surface area contributed by atoms with Crippen LogP contribution in [0.5, 0.6) is 11.6 Å². The average Bonchev–Trinajstić information content (AvgIpc) is 3.52. The first-order chi connectivity index (χ1) is 13.7. The summed E-state index contributed by atoms with van der Waals surface area (Å²) in [5, 5.41) is 9.13. The van der Waals surface area contributed by atoms with E-state index in [0.717, 1.165) is 17.9 Å². The standard InChI is InChI=1S/C20H21N5O3/c1-12-21-8-17(19-9-22-14(10-26)6-23-19)20(25-12)28-11-13-5-16(13)18-4-3-15(27-2)7-24-18/h3-4,6-9,13,16,26H,5,10-11H2,1-2H3/t13-,16+/m1/s1. The quantitative estimate of drug-likeness (QED) is 0.667. The zero-order chi connectivity index (χ0) is 19.5. The minimum atomic E-state index is -0.149. The van der Waals surface area contributed by atoms with Crippen molar-refractivity contribution in [1.29, 1.82) is 0 Å². The maximum atomic E-state index is 9.13. The van der Waals surface area contributed by atoms with Crippen LogP contribution >= 0.6 is 0 Å². The van der Waals surface area contributed by atoms with Crippen LogP contribution in [0.25, 0.3) is 11.3 Å². The van der Waals surface area contributed by atoms with E-state index in [1.807, 2.05) is 19.1 Å². The molecule has 0 bridgehead atoms. The molecule has 4 rings (SSSR count). The zero-order valence-corrected chi connectivity index (χ0v) is 15.7. The summed E-state index contributed by atoms with van der Waals surface area (Å²) in [6, 6.07) is 3.93. The second kappa shape index (κ2) is 7.85. The van der Waals surface area contributed by atoms with Crippen molar-refractivity contribution in [2.24, 2.45) is 5.92 Å². The van der Waals surface area contributed by atoms with E-state index in [2.05, 4.69) is 24.9 Å². The fourth-order valence-electron chi connectivity index (χ4n) is 3.02. The second-order valence-electron chi connectivity index (χ2n) is 6.72. The van der Waals surface area contributed by atoms with Gasteiger partial charge in [-0.15, -0.1) is 0 Å². The number of aliphatic hydroxyl groups excluding tert-OH is 1. The zero-order valence-electron chi connectivity index (χ0n) is 15.7. The largest absolute Gasteiger partial charge is 0.495 e. The first kappa shape index (κ1) is 18.2. The van der Waals surface area contributed by atoms with Gasteiger partial charge >= 0.3 is 0 Å². The van der Waals surface area contributed by atoms with Gasteiger partial charge in [0, 0.05) is 23.7 Å². The van der Waals surface area contributed by atoms with Crippen molar-refractivity contribution in [2.45, 2.75) is 25.9 Å². The van der Waals surface area contributed by atoms with Crippen LogP contribution in [0, 0.1) is 12.8 Å². The molecule has 144 valence electrons. The summed E-state index contributed by atoms with van der Waals surface area (Å²) < 4.78 is 11.2. The molecule has 2 atom stereocenters. The molecule has 3 heterocycles. The molecule has 1 aliphatic rings. The number of hydrogen-bond acceptors (Lipinski definition) is 8. The van der Waals surface area contributed by atoms with E-state index in [-0.39, 0.29) is 6.61 Å². The van der Waals surface area contributed by atoms with Crippen molar-refractivity contribution in [3.05, 3.63) is 54.1 Å². The second-order valence-corrected chi connectivity index (χ2v) is 6.72. The van der Waals surface area contributed by atoms with Gasteiger partial charge in [-0.25, -0.2) is 4.98 Å². The van der Waals surface area contributed by atoms with Crippen molar-refractivity contribution in [1.82, 2.24) is 24.9 Å². The number of hydrogen-bond donors (Lipinski definition) is 1. The lowest BCUT2D eigenvalue weighted by atomic mass is 10.2. The number of nitrogens with zero attached hydrogens (tertiary/aromatic N) is 5. The summed E-state index contributed by atoms with van der Waals surface area (Å²) in [5.41, 5.74) is 2.85. The van der Waals surface area contributed by atoms with Gasteiger partial charge in [0.25, 0.3) is 0 Å². The van der Waals surface area contributed by atoms with Crippen molar-refractivity contribution in [3.8, 4) is 22.9 Å². The average molecular weight is 379 g/mol. The Balaban J connectivity index is 1.45. The van der Waals surface area contributed by atoms with Gasteiger partial charge in [0.1, 0.15) is 11.6 Å². The van der Waals surface area contributed by atoms with Crippen LogP contribution in [0.15, 0.2) is 36.9 Å². The molecular weight excluding hydrogens is 358 g/mol. The van der Waals surface area contributed by atoms with Crippen LogP contribution in [-0.2, 0) is 6.61 Å². The molecule has 3 aromatic heterocycles. The first-order valence-corrected chi connectivity index (χ1v) is 9.06. The Morgan fingerprint density at radius 3 is 2.64 bits per heavy atom. The lowest BCUT2D eigenvalue weighted by Gasteiger charge is -2.10. The number of pyridine rings is 1. The Bertz CT molecular complexity index is 947. The van der Waals surface area contributed by atoms with Gasteiger partial charge in [0.15, 0.2) is 0 Å². The molecule has 0 saturated heterocycles. The maximum Gasteiger partial charge on any atom is 0.226 e. The number of ether oxygens (including phenoxy) is 2. The lowest BCUT2D eigenvalue weighted by Crippen LogP contribution is -2.06. The first-order valence-electron chi connectivity index (χ1n) is 9.06. The molecule has 1 saturated carbocycles. The molecule has 3 aromatic rings. The molecule has 1 N–H and O–H groups in total. The number of aliphatic hydroxyl groups is 1. The van der Waals surface area contributed by atoms with Crippen LogP contribution in [-0.4, -0.2) is 43.7 Å². The van der Waals surface area contributed by atoms with Gasteiger partial charge in [-0.05, 0) is 25.5 Å². The van der Waals surface area contributed by atoms with E-state index >= 15 is 0 Å². The highest BCUT2D eigenvalue weighted by atomic mass is 16.5. The van der Waals surface area contributed by atoms with Crippen LogP contribution in [0.3, 0.4) is 0 Å². The Hall–Kier alpha value is -3.13. The third-order valence-electron chi connectivity index (χ3n) is 4.75. The van der Waals surface area contributed by atoms with Crippen molar-refractivity contribution >= 4 is 0 Å². The van der Waals surface area contributed by atoms with Gasteiger partial charge < -0.3 is 14.6 Å². The maximum absolute atomic E-state index is 9.13. The highest BCUT2D eigenvalue weighted by Gasteiger charge is 2.40. The molecule has 0 aliphatic heterocycles. The van der Waals surface area contributed by atoms with Crippen molar-refractivity contribution < 1.29 is 14.6 Å². The molecule has 1 fully saturated rings. The highest BCUT2D eigenvalue weighted by molar-refractivity contribution is 5.62. The number of methoxy groups -OCH3 is 1. The Labute approximate surface area is 162 Å². The van der Waals surface area contributed by atoms with Gasteiger partial charge in [-0.1, -0.05) is 0 Å². The number of rotatable bonds is 7. The molecule has 8 nitrogen and oxygen atoms in total. The molecule has 0 spiro atoms. The molecule has 28 heavy (non-hydrogen) atoms. The smallest absolute Gasteiger partial charge is 0.226 e. The van der Waals surface area contributed by atoms with E-state index in [0.29, 0.717) is 47.1 Å². The highest BCUT2D eigenvalue weighted by Crippen LogP contribution is 2.47. The third kappa shape index (κ3) is 3.91. The summed E-state index contributed by atoms with van der Waals surface area (Å²) in [6.45, 7) is 2.21.